The zero-order valence-corrected chi connectivity index (χ0v) is 21.5. The smallest absolute Gasteiger partial charge is 0.261 e. The van der Waals surface area contributed by atoms with E-state index in [0.29, 0.717) is 30.1 Å². The Morgan fingerprint density at radius 2 is 1.71 bits per heavy atom. The fraction of sp³-hybridized carbons (Fsp3) is 0.609. The molecule has 2 amide bonds. The van der Waals surface area contributed by atoms with Crippen molar-refractivity contribution >= 4 is 41.8 Å². The number of nitrogens with zero attached hydrogens (tertiary/aromatic N) is 2. The maximum absolute atomic E-state index is 12.4. The quantitative estimate of drug-likeness (QED) is 0.138. The van der Waals surface area contributed by atoms with E-state index in [1.54, 1.807) is 24.3 Å². The molecule has 1 aromatic carbocycles. The lowest BCUT2D eigenvalue weighted by Gasteiger charge is -2.21. The lowest BCUT2D eigenvalue weighted by molar-refractivity contribution is 0.0258. The number of rotatable bonds is 12. The lowest BCUT2D eigenvalue weighted by Crippen LogP contribution is -2.39. The number of hydrogen-bond donors (Lipinski definition) is 2. The summed E-state index contributed by atoms with van der Waals surface area (Å²) in [7, 11) is 0. The van der Waals surface area contributed by atoms with Crippen molar-refractivity contribution in [2.24, 2.45) is 10.9 Å². The number of carbonyl (C=O) groups is 2. The molecule has 8 heteroatoms. The Balaban J connectivity index is 0.00000480. The Labute approximate surface area is 203 Å². The molecule has 1 aliphatic heterocycles. The summed E-state index contributed by atoms with van der Waals surface area (Å²) in [4.78, 5) is 30.7. The van der Waals surface area contributed by atoms with E-state index in [1.807, 2.05) is 13.8 Å². The summed E-state index contributed by atoms with van der Waals surface area (Å²) in [6.45, 7) is 11.8. The minimum absolute atomic E-state index is 0. The number of unbranched alkanes of at least 4 members (excludes halogenated alkanes) is 1. The Bertz CT molecular complexity index is 704. The fourth-order valence-electron chi connectivity index (χ4n) is 3.51. The number of amides is 2. The molecule has 7 nitrogen and oxygen atoms in total. The Morgan fingerprint density at radius 1 is 1.06 bits per heavy atom. The van der Waals surface area contributed by atoms with E-state index in [0.717, 1.165) is 44.9 Å². The van der Waals surface area contributed by atoms with Gasteiger partial charge < -0.3 is 15.4 Å². The van der Waals surface area contributed by atoms with Gasteiger partial charge in [0.05, 0.1) is 17.2 Å². The van der Waals surface area contributed by atoms with Crippen molar-refractivity contribution in [3.05, 3.63) is 35.4 Å². The third-order valence-electron chi connectivity index (χ3n) is 5.13. The monoisotopic (exact) mass is 544 g/mol. The molecule has 2 rings (SSSR count). The van der Waals surface area contributed by atoms with Gasteiger partial charge in [-0.15, -0.1) is 24.0 Å². The molecule has 0 saturated carbocycles. The number of guanidine groups is 1. The molecule has 0 fully saturated rings. The number of imide groups is 1. The zero-order valence-electron chi connectivity index (χ0n) is 19.1. The van der Waals surface area contributed by atoms with Crippen LogP contribution in [0.15, 0.2) is 29.3 Å². The molecule has 0 aromatic heterocycles. The molecule has 1 aliphatic rings. The van der Waals surface area contributed by atoms with E-state index in [2.05, 4.69) is 29.5 Å². The molecule has 0 spiro atoms. The Morgan fingerprint density at radius 3 is 2.26 bits per heavy atom. The van der Waals surface area contributed by atoms with Gasteiger partial charge >= 0.3 is 0 Å². The van der Waals surface area contributed by atoms with Crippen molar-refractivity contribution in [1.82, 2.24) is 15.5 Å². The maximum Gasteiger partial charge on any atom is 0.261 e. The predicted molar refractivity (Wildman–Crippen MR) is 135 cm³/mol. The van der Waals surface area contributed by atoms with Gasteiger partial charge in [-0.25, -0.2) is 0 Å². The van der Waals surface area contributed by atoms with Crippen LogP contribution in [0.4, 0.5) is 0 Å². The SMILES string of the molecule is CCNC(=NCCCCN1C(=O)c2ccccc2C1=O)NCCC(OCC)C(C)C.I. The van der Waals surface area contributed by atoms with Gasteiger partial charge in [-0.1, -0.05) is 26.0 Å². The maximum atomic E-state index is 12.4. The molecule has 1 heterocycles. The number of aliphatic imine (C=N–C) groups is 1. The summed E-state index contributed by atoms with van der Waals surface area (Å²) in [5, 5.41) is 6.62. The predicted octanol–water partition coefficient (Wildman–Crippen LogP) is 3.69. The lowest BCUT2D eigenvalue weighted by atomic mass is 10.0. The number of carbonyl (C=O) groups excluding carboxylic acids is 2. The number of benzene rings is 1. The Hall–Kier alpha value is -1.68. The molecular formula is C23H37IN4O3. The van der Waals surface area contributed by atoms with Gasteiger partial charge in [-0.3, -0.25) is 19.5 Å². The van der Waals surface area contributed by atoms with Crippen LogP contribution < -0.4 is 10.6 Å². The van der Waals surface area contributed by atoms with Crippen molar-refractivity contribution in [3.63, 3.8) is 0 Å². The summed E-state index contributed by atoms with van der Waals surface area (Å²) in [5.74, 6) is 0.886. The van der Waals surface area contributed by atoms with Crippen LogP contribution in [0.25, 0.3) is 0 Å². The van der Waals surface area contributed by atoms with E-state index in [9.17, 15) is 9.59 Å². The van der Waals surface area contributed by atoms with Crippen molar-refractivity contribution in [3.8, 4) is 0 Å². The molecule has 0 radical (unpaired) electrons. The Kier molecular flexibility index (Phi) is 12.7. The minimum atomic E-state index is -0.192. The van der Waals surface area contributed by atoms with Crippen molar-refractivity contribution in [2.75, 3.05) is 32.8 Å². The van der Waals surface area contributed by atoms with Crippen LogP contribution in [0.1, 0.15) is 67.7 Å². The van der Waals surface area contributed by atoms with Gasteiger partial charge in [0.15, 0.2) is 5.96 Å². The highest BCUT2D eigenvalue weighted by Gasteiger charge is 2.34. The molecule has 0 bridgehead atoms. The third kappa shape index (κ3) is 8.07. The highest BCUT2D eigenvalue weighted by atomic mass is 127. The topological polar surface area (TPSA) is 83.0 Å². The van der Waals surface area contributed by atoms with Crippen LogP contribution in [0.3, 0.4) is 0 Å². The van der Waals surface area contributed by atoms with Crippen LogP contribution in [-0.4, -0.2) is 61.6 Å². The largest absolute Gasteiger partial charge is 0.378 e. The first-order valence-corrected chi connectivity index (χ1v) is 11.1. The summed E-state index contributed by atoms with van der Waals surface area (Å²) in [6.07, 6.45) is 2.70. The molecule has 0 saturated heterocycles. The first-order chi connectivity index (χ1) is 14.5. The molecule has 1 unspecified atom stereocenters. The van der Waals surface area contributed by atoms with Crippen molar-refractivity contribution in [2.45, 2.75) is 53.1 Å². The second-order valence-electron chi connectivity index (χ2n) is 7.73. The normalized spacial score (nSPS) is 14.5. The molecule has 2 N–H and O–H groups in total. The minimum Gasteiger partial charge on any atom is -0.378 e. The number of ether oxygens (including phenoxy) is 1. The molecule has 174 valence electrons. The summed E-state index contributed by atoms with van der Waals surface area (Å²) < 4.78 is 5.79. The first-order valence-electron chi connectivity index (χ1n) is 11.1. The van der Waals surface area contributed by atoms with Crippen LogP contribution in [0.2, 0.25) is 0 Å². The third-order valence-corrected chi connectivity index (χ3v) is 5.13. The second kappa shape index (κ2) is 14.4. The second-order valence-corrected chi connectivity index (χ2v) is 7.73. The van der Waals surface area contributed by atoms with Gasteiger partial charge in [-0.2, -0.15) is 0 Å². The van der Waals surface area contributed by atoms with Crippen molar-refractivity contribution in [1.29, 1.82) is 0 Å². The standard InChI is InChI=1S/C23H36N4O3.HI/c1-5-24-23(26-15-13-20(17(3)4)30-6-2)25-14-9-10-16-27-21(28)18-11-7-8-12-19(18)22(27)29;/h7-8,11-12,17,20H,5-6,9-10,13-16H2,1-4H3,(H2,24,25,26);1H. The molecule has 0 aliphatic carbocycles. The van der Waals surface area contributed by atoms with E-state index in [4.69, 9.17) is 4.74 Å². The fourth-order valence-corrected chi connectivity index (χ4v) is 3.51. The van der Waals surface area contributed by atoms with Crippen LogP contribution in [0, 0.1) is 5.92 Å². The van der Waals surface area contributed by atoms with Crippen molar-refractivity contribution < 1.29 is 14.3 Å². The highest BCUT2D eigenvalue weighted by molar-refractivity contribution is 14.0. The average molecular weight is 544 g/mol. The highest BCUT2D eigenvalue weighted by Crippen LogP contribution is 2.22. The van der Waals surface area contributed by atoms with Crippen LogP contribution in [0.5, 0.6) is 0 Å². The van der Waals surface area contributed by atoms with E-state index in [-0.39, 0.29) is 41.9 Å². The molecule has 1 atom stereocenters. The van der Waals surface area contributed by atoms with E-state index >= 15 is 0 Å². The number of nitrogens with one attached hydrogen (secondary N) is 2. The first kappa shape index (κ1) is 27.4. The number of fused-ring (bicyclic) bond motifs is 1. The molecule has 1 aromatic rings. The van der Waals surface area contributed by atoms with Gasteiger partial charge in [0.25, 0.3) is 11.8 Å². The number of hydrogen-bond acceptors (Lipinski definition) is 4. The summed E-state index contributed by atoms with van der Waals surface area (Å²) in [6, 6.07) is 7.00. The molecule has 31 heavy (non-hydrogen) atoms. The van der Waals surface area contributed by atoms with Gasteiger partial charge in [0.1, 0.15) is 0 Å². The zero-order chi connectivity index (χ0) is 21.9. The van der Waals surface area contributed by atoms with E-state index < -0.39 is 0 Å². The van der Waals surface area contributed by atoms with Gasteiger partial charge in [-0.05, 0) is 51.2 Å². The summed E-state index contributed by atoms with van der Waals surface area (Å²) >= 11 is 0. The van der Waals surface area contributed by atoms with E-state index in [1.165, 1.54) is 4.90 Å². The van der Waals surface area contributed by atoms with Crippen LogP contribution in [-0.2, 0) is 4.74 Å². The van der Waals surface area contributed by atoms with Gasteiger partial charge in [0.2, 0.25) is 0 Å². The average Bonchev–Trinajstić information content (AvgIpc) is 2.97. The number of halogens is 1. The van der Waals surface area contributed by atoms with Crippen LogP contribution >= 0.6 is 24.0 Å². The van der Waals surface area contributed by atoms with Gasteiger partial charge in [0, 0.05) is 32.8 Å². The molecular weight excluding hydrogens is 507 g/mol. The summed E-state index contributed by atoms with van der Waals surface area (Å²) in [5.41, 5.74) is 1.01.